The number of para-hydroxylation sites is 1. The number of carboxylic acids is 2. The molecule has 0 radical (unpaired) electrons. The van der Waals surface area contributed by atoms with Crippen LogP contribution in [0.1, 0.15) is 5.56 Å². The number of hydrogen-bond donors (Lipinski definition) is 2. The van der Waals surface area contributed by atoms with E-state index in [4.69, 9.17) is 29.3 Å². The molecule has 0 bridgehead atoms. The monoisotopic (exact) mass is 402 g/mol. The van der Waals surface area contributed by atoms with Crippen LogP contribution < -0.4 is 14.4 Å². The average molecular weight is 402 g/mol. The lowest BCUT2D eigenvalue weighted by Gasteiger charge is -2.36. The van der Waals surface area contributed by atoms with Gasteiger partial charge in [-0.2, -0.15) is 0 Å². The number of nitrogens with zero attached hydrogens (tertiary/aromatic N) is 2. The molecule has 2 aromatic carbocycles. The number of rotatable bonds is 5. The van der Waals surface area contributed by atoms with E-state index in [1.807, 2.05) is 6.07 Å². The highest BCUT2D eigenvalue weighted by Crippen LogP contribution is 2.28. The molecule has 3 rings (SSSR count). The third-order valence-electron chi connectivity index (χ3n) is 4.53. The largest absolute Gasteiger partial charge is 0.493 e. The summed E-state index contributed by atoms with van der Waals surface area (Å²) in [5.74, 6) is -2.07. The summed E-state index contributed by atoms with van der Waals surface area (Å²) in [6, 6.07) is 16.8. The van der Waals surface area contributed by atoms with Crippen molar-refractivity contribution in [3.63, 3.8) is 0 Å². The molecule has 1 saturated heterocycles. The van der Waals surface area contributed by atoms with E-state index in [1.54, 1.807) is 14.2 Å². The molecule has 0 atom stereocenters. The van der Waals surface area contributed by atoms with Crippen molar-refractivity contribution in [2.75, 3.05) is 45.3 Å². The number of benzene rings is 2. The first-order chi connectivity index (χ1) is 13.9. The van der Waals surface area contributed by atoms with Gasteiger partial charge < -0.3 is 24.6 Å². The molecule has 1 aliphatic heterocycles. The summed E-state index contributed by atoms with van der Waals surface area (Å²) in [5, 5.41) is 14.8. The van der Waals surface area contributed by atoms with Gasteiger partial charge in [0.2, 0.25) is 0 Å². The first-order valence-corrected chi connectivity index (χ1v) is 9.14. The van der Waals surface area contributed by atoms with Gasteiger partial charge in [-0.1, -0.05) is 24.3 Å². The zero-order valence-corrected chi connectivity index (χ0v) is 16.6. The average Bonchev–Trinajstić information content (AvgIpc) is 2.75. The van der Waals surface area contributed by atoms with E-state index in [1.165, 1.54) is 11.3 Å². The molecular weight excluding hydrogens is 376 g/mol. The van der Waals surface area contributed by atoms with Gasteiger partial charge in [0.25, 0.3) is 0 Å². The van der Waals surface area contributed by atoms with E-state index >= 15 is 0 Å². The van der Waals surface area contributed by atoms with E-state index < -0.39 is 11.9 Å². The summed E-state index contributed by atoms with van der Waals surface area (Å²) in [4.78, 5) is 23.1. The van der Waals surface area contributed by atoms with Crippen LogP contribution in [0, 0.1) is 0 Å². The molecule has 1 heterocycles. The normalized spacial score (nSPS) is 13.8. The Morgan fingerprint density at radius 3 is 1.97 bits per heavy atom. The Morgan fingerprint density at radius 2 is 1.45 bits per heavy atom. The van der Waals surface area contributed by atoms with E-state index in [-0.39, 0.29) is 0 Å². The Labute approximate surface area is 169 Å². The topological polar surface area (TPSA) is 99.5 Å². The summed E-state index contributed by atoms with van der Waals surface area (Å²) < 4.78 is 10.7. The highest BCUT2D eigenvalue weighted by atomic mass is 16.5. The lowest BCUT2D eigenvalue weighted by Crippen LogP contribution is -2.45. The van der Waals surface area contributed by atoms with Crippen LogP contribution in [-0.4, -0.2) is 67.5 Å². The number of carbonyl (C=O) groups is 2. The summed E-state index contributed by atoms with van der Waals surface area (Å²) in [5.41, 5.74) is 2.58. The Kier molecular flexibility index (Phi) is 8.29. The number of aliphatic carboxylic acids is 2. The van der Waals surface area contributed by atoms with Crippen molar-refractivity contribution in [2.24, 2.45) is 0 Å². The number of ether oxygens (including phenoxy) is 2. The first-order valence-electron chi connectivity index (χ1n) is 9.14. The van der Waals surface area contributed by atoms with Crippen LogP contribution in [0.2, 0.25) is 0 Å². The van der Waals surface area contributed by atoms with Crippen molar-refractivity contribution in [2.45, 2.75) is 6.54 Å². The molecule has 156 valence electrons. The second kappa shape index (κ2) is 10.9. The van der Waals surface area contributed by atoms with Crippen molar-refractivity contribution in [3.8, 4) is 11.5 Å². The quantitative estimate of drug-likeness (QED) is 0.735. The van der Waals surface area contributed by atoms with Crippen molar-refractivity contribution >= 4 is 17.6 Å². The van der Waals surface area contributed by atoms with Crippen molar-refractivity contribution in [3.05, 3.63) is 54.1 Å². The standard InChI is InChI=1S/C19H24N2O2.C2H2O4/c1-22-18-9-8-16(14-19(18)23-2)15-20-10-12-21(13-11-20)17-6-4-3-5-7-17;3-1(4)2(5)6/h3-9,14H,10-13,15H2,1-2H3;(H,3,4)(H,5,6). The van der Waals surface area contributed by atoms with Gasteiger partial charge in [-0.3, -0.25) is 4.90 Å². The third-order valence-corrected chi connectivity index (χ3v) is 4.53. The van der Waals surface area contributed by atoms with Crippen molar-refractivity contribution in [1.82, 2.24) is 4.90 Å². The molecule has 0 unspecified atom stereocenters. The highest BCUT2D eigenvalue weighted by Gasteiger charge is 2.17. The fourth-order valence-corrected chi connectivity index (χ4v) is 3.04. The molecule has 2 N–H and O–H groups in total. The van der Waals surface area contributed by atoms with E-state index in [2.05, 4.69) is 52.3 Å². The van der Waals surface area contributed by atoms with Gasteiger partial charge in [0.15, 0.2) is 11.5 Å². The van der Waals surface area contributed by atoms with Crippen LogP contribution in [0.5, 0.6) is 11.5 Å². The second-order valence-corrected chi connectivity index (χ2v) is 6.40. The van der Waals surface area contributed by atoms with Gasteiger partial charge in [-0.25, -0.2) is 9.59 Å². The number of carboxylic acid groups (broad SMARTS) is 2. The lowest BCUT2D eigenvalue weighted by molar-refractivity contribution is -0.159. The molecule has 0 saturated carbocycles. The highest BCUT2D eigenvalue weighted by molar-refractivity contribution is 6.27. The minimum atomic E-state index is -1.82. The Hall–Kier alpha value is -3.26. The molecule has 0 spiro atoms. The molecule has 0 aromatic heterocycles. The van der Waals surface area contributed by atoms with Gasteiger partial charge in [0.1, 0.15) is 0 Å². The fraction of sp³-hybridized carbons (Fsp3) is 0.333. The summed E-state index contributed by atoms with van der Waals surface area (Å²) in [6.07, 6.45) is 0. The lowest BCUT2D eigenvalue weighted by atomic mass is 10.1. The maximum atomic E-state index is 9.10. The molecule has 0 amide bonds. The SMILES string of the molecule is COc1ccc(CN2CCN(c3ccccc3)CC2)cc1OC.O=C(O)C(=O)O. The van der Waals surface area contributed by atoms with Crippen molar-refractivity contribution in [1.29, 1.82) is 0 Å². The first kappa shape index (κ1) is 22.0. The zero-order valence-electron chi connectivity index (χ0n) is 16.6. The minimum absolute atomic E-state index is 0.783. The van der Waals surface area contributed by atoms with Crippen LogP contribution in [-0.2, 0) is 16.1 Å². The molecular formula is C21H26N2O6. The van der Waals surface area contributed by atoms with E-state index in [9.17, 15) is 0 Å². The van der Waals surface area contributed by atoms with Gasteiger partial charge in [-0.15, -0.1) is 0 Å². The van der Waals surface area contributed by atoms with Gasteiger partial charge >= 0.3 is 11.9 Å². The summed E-state index contributed by atoms with van der Waals surface area (Å²) in [7, 11) is 3.35. The number of piperazine rings is 1. The second-order valence-electron chi connectivity index (χ2n) is 6.40. The van der Waals surface area contributed by atoms with Crippen LogP contribution in [0.25, 0.3) is 0 Å². The predicted molar refractivity (Wildman–Crippen MR) is 109 cm³/mol. The maximum Gasteiger partial charge on any atom is 0.414 e. The van der Waals surface area contributed by atoms with Gasteiger partial charge in [0, 0.05) is 38.4 Å². The Balaban J connectivity index is 0.000000438. The summed E-state index contributed by atoms with van der Waals surface area (Å²) >= 11 is 0. The summed E-state index contributed by atoms with van der Waals surface area (Å²) in [6.45, 7) is 5.23. The van der Waals surface area contributed by atoms with Crippen molar-refractivity contribution < 1.29 is 29.3 Å². The predicted octanol–water partition coefficient (Wildman–Crippen LogP) is 2.18. The third kappa shape index (κ3) is 6.69. The maximum absolute atomic E-state index is 9.10. The molecule has 8 heteroatoms. The number of hydrogen-bond acceptors (Lipinski definition) is 6. The Bertz CT molecular complexity index is 792. The molecule has 0 aliphatic carbocycles. The van der Waals surface area contributed by atoms with Crippen LogP contribution >= 0.6 is 0 Å². The van der Waals surface area contributed by atoms with E-state index in [0.717, 1.165) is 44.2 Å². The van der Waals surface area contributed by atoms with Gasteiger partial charge in [0.05, 0.1) is 14.2 Å². The smallest absolute Gasteiger partial charge is 0.414 e. The minimum Gasteiger partial charge on any atom is -0.493 e. The fourth-order valence-electron chi connectivity index (χ4n) is 3.04. The molecule has 1 fully saturated rings. The molecule has 2 aromatic rings. The van der Waals surface area contributed by atoms with Crippen LogP contribution in [0.15, 0.2) is 48.5 Å². The number of methoxy groups -OCH3 is 2. The van der Waals surface area contributed by atoms with Crippen LogP contribution in [0.4, 0.5) is 5.69 Å². The van der Waals surface area contributed by atoms with Gasteiger partial charge in [-0.05, 0) is 29.8 Å². The van der Waals surface area contributed by atoms with Crippen LogP contribution in [0.3, 0.4) is 0 Å². The molecule has 8 nitrogen and oxygen atoms in total. The molecule has 29 heavy (non-hydrogen) atoms. The zero-order chi connectivity index (χ0) is 21.2. The van der Waals surface area contributed by atoms with E-state index in [0.29, 0.717) is 0 Å². The molecule has 1 aliphatic rings. The Morgan fingerprint density at radius 1 is 0.862 bits per heavy atom. The number of anilines is 1.